The highest BCUT2D eigenvalue weighted by Crippen LogP contribution is 2.34. The summed E-state index contributed by atoms with van der Waals surface area (Å²) in [5.41, 5.74) is 1.19. The monoisotopic (exact) mass is 307 g/mol. The fraction of sp³-hybridized carbons (Fsp3) is 0.250. The van der Waals surface area contributed by atoms with E-state index in [0.29, 0.717) is 16.9 Å². The summed E-state index contributed by atoms with van der Waals surface area (Å²) in [5.74, 6) is 0.388. The van der Waals surface area contributed by atoms with Crippen LogP contribution in [0.3, 0.4) is 0 Å². The van der Waals surface area contributed by atoms with Gasteiger partial charge in [0.1, 0.15) is 0 Å². The number of hydrogen-bond acceptors (Lipinski definition) is 2. The SMILES string of the molecule is Cc1cnc(/N=C/N(C)C)c(-c2cccc(C(F)(F)F)c2)c1. The zero-order valence-electron chi connectivity index (χ0n) is 12.5. The third-order valence-corrected chi connectivity index (χ3v) is 2.92. The minimum Gasteiger partial charge on any atom is -0.369 e. The van der Waals surface area contributed by atoms with Gasteiger partial charge in [-0.2, -0.15) is 13.2 Å². The highest BCUT2D eigenvalue weighted by molar-refractivity contribution is 5.77. The number of hydrogen-bond donors (Lipinski definition) is 0. The Morgan fingerprint density at radius 2 is 1.91 bits per heavy atom. The normalized spacial score (nSPS) is 11.9. The van der Waals surface area contributed by atoms with E-state index in [9.17, 15) is 13.2 Å². The van der Waals surface area contributed by atoms with E-state index >= 15 is 0 Å². The zero-order valence-corrected chi connectivity index (χ0v) is 12.5. The van der Waals surface area contributed by atoms with E-state index < -0.39 is 11.7 Å². The fourth-order valence-corrected chi connectivity index (χ4v) is 1.91. The molecule has 2 aromatic rings. The summed E-state index contributed by atoms with van der Waals surface area (Å²) in [6.07, 6.45) is -1.17. The number of halogens is 3. The van der Waals surface area contributed by atoms with Gasteiger partial charge in [-0.3, -0.25) is 0 Å². The molecular formula is C16H16F3N3. The number of alkyl halides is 3. The summed E-state index contributed by atoms with van der Waals surface area (Å²) in [6.45, 7) is 1.84. The largest absolute Gasteiger partial charge is 0.416 e. The van der Waals surface area contributed by atoms with Gasteiger partial charge < -0.3 is 4.90 Å². The second kappa shape index (κ2) is 6.17. The molecule has 22 heavy (non-hydrogen) atoms. The summed E-state index contributed by atoms with van der Waals surface area (Å²) in [7, 11) is 3.61. The van der Waals surface area contributed by atoms with Gasteiger partial charge in [0.05, 0.1) is 11.9 Å². The van der Waals surface area contributed by atoms with Crippen LogP contribution in [0.4, 0.5) is 19.0 Å². The summed E-state index contributed by atoms with van der Waals surface area (Å²) in [4.78, 5) is 10.2. The molecule has 0 radical (unpaired) electrons. The third-order valence-electron chi connectivity index (χ3n) is 2.92. The summed E-state index contributed by atoms with van der Waals surface area (Å²) < 4.78 is 38.6. The number of benzene rings is 1. The zero-order chi connectivity index (χ0) is 16.3. The molecule has 0 saturated heterocycles. The first kappa shape index (κ1) is 16.0. The topological polar surface area (TPSA) is 28.5 Å². The van der Waals surface area contributed by atoms with Crippen LogP contribution in [-0.2, 0) is 6.18 Å². The minimum absolute atomic E-state index is 0.388. The van der Waals surface area contributed by atoms with E-state index in [1.54, 1.807) is 29.6 Å². The van der Waals surface area contributed by atoms with Crippen molar-refractivity contribution in [3.63, 3.8) is 0 Å². The average molecular weight is 307 g/mol. The smallest absolute Gasteiger partial charge is 0.369 e. The number of nitrogens with zero attached hydrogens (tertiary/aromatic N) is 3. The van der Waals surface area contributed by atoms with Gasteiger partial charge in [-0.1, -0.05) is 12.1 Å². The van der Waals surface area contributed by atoms with Gasteiger partial charge in [-0.05, 0) is 36.2 Å². The Hall–Kier alpha value is -2.37. The van der Waals surface area contributed by atoms with Crippen molar-refractivity contribution in [2.75, 3.05) is 14.1 Å². The van der Waals surface area contributed by atoms with Crippen LogP contribution < -0.4 is 0 Å². The highest BCUT2D eigenvalue weighted by Gasteiger charge is 2.30. The van der Waals surface area contributed by atoms with Crippen LogP contribution in [0.2, 0.25) is 0 Å². The van der Waals surface area contributed by atoms with E-state index in [-0.39, 0.29) is 0 Å². The van der Waals surface area contributed by atoms with Crippen molar-refractivity contribution < 1.29 is 13.2 Å². The quantitative estimate of drug-likeness (QED) is 0.625. The number of pyridine rings is 1. The molecule has 0 fully saturated rings. The minimum atomic E-state index is -4.37. The van der Waals surface area contributed by atoms with Gasteiger partial charge in [0.15, 0.2) is 5.82 Å². The third kappa shape index (κ3) is 3.84. The van der Waals surface area contributed by atoms with E-state index in [1.807, 2.05) is 21.0 Å². The maximum absolute atomic E-state index is 12.9. The van der Waals surface area contributed by atoms with Gasteiger partial charge in [-0.25, -0.2) is 9.98 Å². The van der Waals surface area contributed by atoms with Crippen molar-refractivity contribution in [2.45, 2.75) is 13.1 Å². The molecular weight excluding hydrogens is 291 g/mol. The maximum atomic E-state index is 12.9. The Bertz CT molecular complexity index is 691. The molecule has 0 N–H and O–H groups in total. The molecule has 0 unspecified atom stereocenters. The highest BCUT2D eigenvalue weighted by atomic mass is 19.4. The lowest BCUT2D eigenvalue weighted by atomic mass is 10.0. The van der Waals surface area contributed by atoms with E-state index in [0.717, 1.165) is 17.7 Å². The molecule has 3 nitrogen and oxygen atoms in total. The predicted octanol–water partition coefficient (Wildman–Crippen LogP) is 4.30. The summed E-state index contributed by atoms with van der Waals surface area (Å²) in [6, 6.07) is 6.96. The number of aryl methyl sites for hydroxylation is 1. The Balaban J connectivity index is 2.54. The molecule has 116 valence electrons. The van der Waals surface area contributed by atoms with Crippen LogP contribution in [0.25, 0.3) is 11.1 Å². The van der Waals surface area contributed by atoms with Crippen molar-refractivity contribution in [2.24, 2.45) is 4.99 Å². The molecule has 0 spiro atoms. The number of aliphatic imine (C=N–C) groups is 1. The molecule has 0 aliphatic carbocycles. The van der Waals surface area contributed by atoms with Crippen molar-refractivity contribution in [3.8, 4) is 11.1 Å². The molecule has 1 aromatic heterocycles. The van der Waals surface area contributed by atoms with Gasteiger partial charge >= 0.3 is 6.18 Å². The predicted molar refractivity (Wildman–Crippen MR) is 81.3 cm³/mol. The molecule has 0 aliphatic rings. The second-order valence-electron chi connectivity index (χ2n) is 5.17. The molecule has 1 heterocycles. The van der Waals surface area contributed by atoms with Crippen LogP contribution in [0.15, 0.2) is 41.5 Å². The van der Waals surface area contributed by atoms with Gasteiger partial charge in [0.2, 0.25) is 0 Å². The van der Waals surface area contributed by atoms with E-state index in [4.69, 9.17) is 0 Å². The average Bonchev–Trinajstić information content (AvgIpc) is 2.45. The standard InChI is InChI=1S/C16H16F3N3/c1-11-7-14(15(20-9-11)21-10-22(2)3)12-5-4-6-13(8-12)16(17,18)19/h4-10H,1-3H3/b21-10+. The van der Waals surface area contributed by atoms with Crippen molar-refractivity contribution >= 4 is 12.2 Å². The van der Waals surface area contributed by atoms with Gasteiger partial charge in [-0.15, -0.1) is 0 Å². The second-order valence-corrected chi connectivity index (χ2v) is 5.17. The molecule has 0 aliphatic heterocycles. The Labute approximate surface area is 127 Å². The lowest BCUT2D eigenvalue weighted by Crippen LogP contribution is -2.07. The molecule has 6 heteroatoms. The van der Waals surface area contributed by atoms with Crippen LogP contribution >= 0.6 is 0 Å². The molecule has 1 aromatic carbocycles. The maximum Gasteiger partial charge on any atom is 0.416 e. The van der Waals surface area contributed by atoms with Gasteiger partial charge in [0.25, 0.3) is 0 Å². The lowest BCUT2D eigenvalue weighted by molar-refractivity contribution is -0.137. The molecule has 0 amide bonds. The Kier molecular flexibility index (Phi) is 4.49. The van der Waals surface area contributed by atoms with Crippen LogP contribution in [0, 0.1) is 6.92 Å². The van der Waals surface area contributed by atoms with E-state index in [2.05, 4.69) is 9.98 Å². The number of aromatic nitrogens is 1. The van der Waals surface area contributed by atoms with E-state index in [1.165, 1.54) is 6.07 Å². The lowest BCUT2D eigenvalue weighted by Gasteiger charge is -2.11. The fourth-order valence-electron chi connectivity index (χ4n) is 1.91. The Morgan fingerprint density at radius 3 is 2.55 bits per heavy atom. The van der Waals surface area contributed by atoms with Crippen LogP contribution in [0.5, 0.6) is 0 Å². The van der Waals surface area contributed by atoms with Gasteiger partial charge in [0, 0.05) is 25.9 Å². The first-order valence-electron chi connectivity index (χ1n) is 6.62. The number of rotatable bonds is 3. The first-order valence-corrected chi connectivity index (χ1v) is 6.62. The van der Waals surface area contributed by atoms with Crippen molar-refractivity contribution in [3.05, 3.63) is 47.7 Å². The summed E-state index contributed by atoms with van der Waals surface area (Å²) >= 11 is 0. The van der Waals surface area contributed by atoms with Crippen LogP contribution in [-0.4, -0.2) is 30.3 Å². The van der Waals surface area contributed by atoms with Crippen LogP contribution in [0.1, 0.15) is 11.1 Å². The molecule has 2 rings (SSSR count). The Morgan fingerprint density at radius 1 is 1.18 bits per heavy atom. The van der Waals surface area contributed by atoms with Crippen molar-refractivity contribution in [1.82, 2.24) is 9.88 Å². The summed E-state index contributed by atoms with van der Waals surface area (Å²) in [5, 5.41) is 0. The molecule has 0 saturated carbocycles. The van der Waals surface area contributed by atoms with Crippen molar-refractivity contribution in [1.29, 1.82) is 0 Å². The first-order chi connectivity index (χ1) is 10.3. The molecule has 0 atom stereocenters. The molecule has 0 bridgehead atoms.